The third-order valence-electron chi connectivity index (χ3n) is 3.13. The monoisotopic (exact) mass is 285 g/mol. The van der Waals surface area contributed by atoms with Crippen molar-refractivity contribution in [2.45, 2.75) is 45.2 Å². The van der Waals surface area contributed by atoms with E-state index < -0.39 is 24.5 Å². The Morgan fingerprint density at radius 2 is 2.05 bits per heavy atom. The fourth-order valence-electron chi connectivity index (χ4n) is 2.17. The number of hydrogen-bond acceptors (Lipinski definition) is 4. The van der Waals surface area contributed by atoms with Gasteiger partial charge >= 0.3 is 5.97 Å². The van der Waals surface area contributed by atoms with Crippen LogP contribution in [0.3, 0.4) is 0 Å². The van der Waals surface area contributed by atoms with Crippen LogP contribution in [-0.2, 0) is 14.4 Å². The molecule has 0 aliphatic carbocycles. The van der Waals surface area contributed by atoms with Crippen molar-refractivity contribution in [2.24, 2.45) is 5.92 Å². The number of nitrogens with one attached hydrogen (secondary N) is 3. The summed E-state index contributed by atoms with van der Waals surface area (Å²) in [7, 11) is 0. The maximum atomic E-state index is 12.0. The van der Waals surface area contributed by atoms with E-state index in [1.807, 2.05) is 13.8 Å². The molecule has 0 radical (unpaired) electrons. The second-order valence-corrected chi connectivity index (χ2v) is 5.45. The van der Waals surface area contributed by atoms with Crippen molar-refractivity contribution in [1.82, 2.24) is 16.0 Å². The Labute approximate surface area is 118 Å². The second kappa shape index (κ2) is 7.84. The van der Waals surface area contributed by atoms with Crippen LogP contribution in [0.15, 0.2) is 0 Å². The molecule has 4 N–H and O–H groups in total. The van der Waals surface area contributed by atoms with Crippen LogP contribution >= 0.6 is 0 Å². The van der Waals surface area contributed by atoms with Crippen LogP contribution in [0.4, 0.5) is 0 Å². The van der Waals surface area contributed by atoms with E-state index in [4.69, 9.17) is 5.11 Å². The molecule has 0 bridgehead atoms. The van der Waals surface area contributed by atoms with E-state index in [1.54, 1.807) is 0 Å². The van der Waals surface area contributed by atoms with Crippen LogP contribution in [-0.4, -0.2) is 48.1 Å². The maximum absolute atomic E-state index is 12.0. The van der Waals surface area contributed by atoms with Gasteiger partial charge in [-0.05, 0) is 31.7 Å². The standard InChI is InChI=1S/C13H23N3O4/c1-8(2)6-10(12(19)15-7-11(17)18)16-13(20)9-4-3-5-14-9/h8-10,14H,3-7H2,1-2H3,(H,15,19)(H,16,20)(H,17,18)/t9-,10?/m0/s1. The SMILES string of the molecule is CC(C)CC(NC(=O)[C@@H]1CCCN1)C(=O)NCC(=O)O. The number of carbonyl (C=O) groups excluding carboxylic acids is 2. The number of amides is 2. The fraction of sp³-hybridized carbons (Fsp3) is 0.769. The highest BCUT2D eigenvalue weighted by molar-refractivity contribution is 5.91. The molecule has 2 amide bonds. The van der Waals surface area contributed by atoms with Crippen molar-refractivity contribution < 1.29 is 19.5 Å². The van der Waals surface area contributed by atoms with Gasteiger partial charge in [0.25, 0.3) is 0 Å². The number of aliphatic carboxylic acids is 1. The molecule has 0 aromatic rings. The summed E-state index contributed by atoms with van der Waals surface area (Å²) in [6, 6.07) is -0.943. The Balaban J connectivity index is 2.55. The molecule has 2 atom stereocenters. The van der Waals surface area contributed by atoms with E-state index in [1.165, 1.54) is 0 Å². The average Bonchev–Trinajstić information content (AvgIpc) is 2.88. The molecule has 0 aromatic heterocycles. The van der Waals surface area contributed by atoms with Crippen LogP contribution in [0.1, 0.15) is 33.1 Å². The predicted octanol–water partition coefficient (Wildman–Crippen LogP) is -0.530. The fourth-order valence-corrected chi connectivity index (χ4v) is 2.17. The minimum absolute atomic E-state index is 0.196. The van der Waals surface area contributed by atoms with Gasteiger partial charge in [-0.2, -0.15) is 0 Å². The number of carboxylic acids is 1. The van der Waals surface area contributed by atoms with Crippen LogP contribution in [0.5, 0.6) is 0 Å². The first-order chi connectivity index (χ1) is 9.40. The van der Waals surface area contributed by atoms with Crippen molar-refractivity contribution in [2.75, 3.05) is 13.1 Å². The first kappa shape index (κ1) is 16.4. The molecule has 1 saturated heterocycles. The van der Waals surface area contributed by atoms with Gasteiger partial charge in [0, 0.05) is 0 Å². The minimum Gasteiger partial charge on any atom is -0.480 e. The Morgan fingerprint density at radius 3 is 2.55 bits per heavy atom. The summed E-state index contributed by atoms with van der Waals surface area (Å²) in [5.41, 5.74) is 0. The molecular weight excluding hydrogens is 262 g/mol. The summed E-state index contributed by atoms with van der Waals surface area (Å²) in [4.78, 5) is 34.4. The lowest BCUT2D eigenvalue weighted by Gasteiger charge is -2.21. The molecular formula is C13H23N3O4. The van der Waals surface area contributed by atoms with Crippen molar-refractivity contribution in [1.29, 1.82) is 0 Å². The van der Waals surface area contributed by atoms with Gasteiger partial charge in [-0.3, -0.25) is 14.4 Å². The zero-order chi connectivity index (χ0) is 15.1. The van der Waals surface area contributed by atoms with E-state index >= 15 is 0 Å². The molecule has 0 spiro atoms. The Bertz CT molecular complexity index is 365. The first-order valence-electron chi connectivity index (χ1n) is 6.93. The smallest absolute Gasteiger partial charge is 0.322 e. The summed E-state index contributed by atoms with van der Waals surface area (Å²) in [6.07, 6.45) is 2.18. The summed E-state index contributed by atoms with van der Waals surface area (Å²) in [5, 5.41) is 16.7. The van der Waals surface area contributed by atoms with Gasteiger partial charge in [-0.1, -0.05) is 13.8 Å². The zero-order valence-corrected chi connectivity index (χ0v) is 11.9. The molecule has 0 aromatic carbocycles. The lowest BCUT2D eigenvalue weighted by atomic mass is 10.0. The molecule has 1 aliphatic heterocycles. The average molecular weight is 285 g/mol. The summed E-state index contributed by atoms with van der Waals surface area (Å²) in [6.45, 7) is 4.25. The summed E-state index contributed by atoms with van der Waals surface area (Å²) < 4.78 is 0. The molecule has 20 heavy (non-hydrogen) atoms. The van der Waals surface area contributed by atoms with Crippen LogP contribution in [0, 0.1) is 5.92 Å². The lowest BCUT2D eigenvalue weighted by Crippen LogP contribution is -2.52. The van der Waals surface area contributed by atoms with Gasteiger partial charge in [0.05, 0.1) is 6.04 Å². The Hall–Kier alpha value is -1.63. The van der Waals surface area contributed by atoms with Gasteiger partial charge in [0.15, 0.2) is 0 Å². The van der Waals surface area contributed by atoms with E-state index in [0.717, 1.165) is 19.4 Å². The summed E-state index contributed by atoms with van der Waals surface area (Å²) >= 11 is 0. The van der Waals surface area contributed by atoms with Crippen molar-refractivity contribution >= 4 is 17.8 Å². The maximum Gasteiger partial charge on any atom is 0.322 e. The topological polar surface area (TPSA) is 108 Å². The van der Waals surface area contributed by atoms with Crippen molar-refractivity contribution in [3.8, 4) is 0 Å². The first-order valence-corrected chi connectivity index (χ1v) is 6.93. The Kier molecular flexibility index (Phi) is 6.44. The van der Waals surface area contributed by atoms with E-state index in [9.17, 15) is 14.4 Å². The Morgan fingerprint density at radius 1 is 1.35 bits per heavy atom. The van der Waals surface area contributed by atoms with Crippen molar-refractivity contribution in [3.05, 3.63) is 0 Å². The van der Waals surface area contributed by atoms with Gasteiger partial charge in [-0.15, -0.1) is 0 Å². The highest BCUT2D eigenvalue weighted by Crippen LogP contribution is 2.08. The highest BCUT2D eigenvalue weighted by Gasteiger charge is 2.27. The van der Waals surface area contributed by atoms with Crippen LogP contribution < -0.4 is 16.0 Å². The predicted molar refractivity (Wildman–Crippen MR) is 73.1 cm³/mol. The second-order valence-electron chi connectivity index (χ2n) is 5.45. The van der Waals surface area contributed by atoms with Crippen LogP contribution in [0.2, 0.25) is 0 Å². The normalized spacial score (nSPS) is 19.6. The van der Waals surface area contributed by atoms with Gasteiger partial charge < -0.3 is 21.1 Å². The van der Waals surface area contributed by atoms with Gasteiger partial charge in [0.1, 0.15) is 12.6 Å². The summed E-state index contributed by atoms with van der Waals surface area (Å²) in [5.74, 6) is -1.54. The quantitative estimate of drug-likeness (QED) is 0.503. The molecule has 114 valence electrons. The minimum atomic E-state index is -1.11. The molecule has 1 unspecified atom stereocenters. The van der Waals surface area contributed by atoms with E-state index in [-0.39, 0.29) is 17.9 Å². The van der Waals surface area contributed by atoms with Crippen LogP contribution in [0.25, 0.3) is 0 Å². The molecule has 7 nitrogen and oxygen atoms in total. The molecule has 1 rings (SSSR count). The number of hydrogen-bond donors (Lipinski definition) is 4. The molecule has 0 saturated carbocycles. The number of carbonyl (C=O) groups is 3. The van der Waals surface area contributed by atoms with E-state index in [0.29, 0.717) is 6.42 Å². The van der Waals surface area contributed by atoms with Gasteiger partial charge in [0.2, 0.25) is 11.8 Å². The molecule has 1 heterocycles. The third kappa shape index (κ3) is 5.56. The molecule has 1 fully saturated rings. The highest BCUT2D eigenvalue weighted by atomic mass is 16.4. The third-order valence-corrected chi connectivity index (χ3v) is 3.13. The van der Waals surface area contributed by atoms with E-state index in [2.05, 4.69) is 16.0 Å². The largest absolute Gasteiger partial charge is 0.480 e. The lowest BCUT2D eigenvalue weighted by molar-refractivity contribution is -0.138. The zero-order valence-electron chi connectivity index (χ0n) is 11.9. The van der Waals surface area contributed by atoms with Gasteiger partial charge in [-0.25, -0.2) is 0 Å². The molecule has 1 aliphatic rings. The molecule has 7 heteroatoms. The number of rotatable bonds is 7. The van der Waals surface area contributed by atoms with Crippen molar-refractivity contribution in [3.63, 3.8) is 0 Å². The number of carboxylic acid groups (broad SMARTS) is 1.